The summed E-state index contributed by atoms with van der Waals surface area (Å²) in [6.07, 6.45) is 3.07. The Hall–Kier alpha value is -3.10. The quantitative estimate of drug-likeness (QED) is 0.478. The van der Waals surface area contributed by atoms with E-state index in [4.69, 9.17) is 19.8 Å². The minimum absolute atomic E-state index is 0.146. The molecule has 0 bridgehead atoms. The number of hydrogen-bond acceptors (Lipinski definition) is 9. The van der Waals surface area contributed by atoms with Crippen LogP contribution in [-0.4, -0.2) is 56.8 Å². The summed E-state index contributed by atoms with van der Waals surface area (Å²) in [6, 6.07) is 6.54. The number of aromatic nitrogens is 3. The maximum atomic E-state index is 13.4. The minimum atomic E-state index is -4.04. The van der Waals surface area contributed by atoms with Gasteiger partial charge in [-0.3, -0.25) is 14.2 Å². The van der Waals surface area contributed by atoms with Gasteiger partial charge in [0.25, 0.3) is 11.5 Å². The lowest BCUT2D eigenvalue weighted by Gasteiger charge is -2.33. The van der Waals surface area contributed by atoms with Crippen molar-refractivity contribution in [3.63, 3.8) is 0 Å². The molecular weight excluding hydrogens is 481 g/mol. The van der Waals surface area contributed by atoms with Crippen molar-refractivity contribution >= 4 is 41.4 Å². The molecule has 0 atom stereocenters. The zero-order chi connectivity index (χ0) is 24.5. The second-order valence-corrected chi connectivity index (χ2v) is 10.9. The lowest BCUT2D eigenvalue weighted by atomic mass is 9.94. The topological polar surface area (TPSA) is 159 Å². The molecule has 1 aliphatic heterocycles. The summed E-state index contributed by atoms with van der Waals surface area (Å²) in [6.45, 7) is 1.07. The van der Waals surface area contributed by atoms with Crippen LogP contribution in [0.2, 0.25) is 0 Å². The fraction of sp³-hybridized carbons (Fsp3) is 0.381. The number of anilines is 1. The lowest BCUT2D eigenvalue weighted by Crippen LogP contribution is -2.36. The van der Waals surface area contributed by atoms with E-state index < -0.39 is 19.1 Å². The predicted octanol–water partition coefficient (Wildman–Crippen LogP) is 2.21. The Morgan fingerprint density at radius 2 is 2.09 bits per heavy atom. The van der Waals surface area contributed by atoms with Crippen molar-refractivity contribution in [1.82, 2.24) is 14.8 Å². The number of fused-ring (bicyclic) bond motifs is 1. The molecule has 13 heteroatoms. The molecule has 0 aliphatic carbocycles. The van der Waals surface area contributed by atoms with Gasteiger partial charge in [0.05, 0.1) is 29.7 Å². The summed E-state index contributed by atoms with van der Waals surface area (Å²) in [5, 5.41) is 13.8. The average Bonchev–Trinajstić information content (AvgIpc) is 3.31. The number of ether oxygens (including phenoxy) is 1. The molecule has 1 fully saturated rings. The van der Waals surface area contributed by atoms with Gasteiger partial charge in [-0.25, -0.2) is 0 Å². The Balaban J connectivity index is 1.68. The summed E-state index contributed by atoms with van der Waals surface area (Å²) in [5.41, 5.74) is -0.622. The maximum Gasteiger partial charge on any atom is 0.325 e. The molecular formula is C21H22N5O6PS. The molecule has 3 aromatic heterocycles. The normalized spacial score (nSPS) is 14.8. The largest absolute Gasteiger partial charge is 0.481 e. The van der Waals surface area contributed by atoms with Crippen molar-refractivity contribution in [3.05, 3.63) is 44.5 Å². The zero-order valence-corrected chi connectivity index (χ0v) is 20.0. The van der Waals surface area contributed by atoms with Gasteiger partial charge in [-0.2, -0.15) is 20.0 Å². The summed E-state index contributed by atoms with van der Waals surface area (Å²) >= 11 is 0.983. The number of pyridine rings is 1. The third kappa shape index (κ3) is 5.03. The fourth-order valence-corrected chi connectivity index (χ4v) is 5.44. The third-order valence-corrected chi connectivity index (χ3v) is 7.62. The first kappa shape index (κ1) is 24.0. The van der Waals surface area contributed by atoms with E-state index in [9.17, 15) is 14.2 Å². The van der Waals surface area contributed by atoms with Gasteiger partial charge in [-0.1, -0.05) is 0 Å². The number of nitrogens with zero attached hydrogens (tertiary/aromatic N) is 5. The maximum absolute atomic E-state index is 13.4. The molecule has 11 nitrogen and oxygen atoms in total. The number of piperidine rings is 1. The van der Waals surface area contributed by atoms with Crippen molar-refractivity contribution in [2.24, 2.45) is 5.92 Å². The molecule has 4 rings (SSSR count). The first-order valence-electron chi connectivity index (χ1n) is 10.5. The highest BCUT2D eigenvalue weighted by Gasteiger charge is 2.26. The van der Waals surface area contributed by atoms with Gasteiger partial charge in [0.15, 0.2) is 0 Å². The van der Waals surface area contributed by atoms with Crippen molar-refractivity contribution in [2.45, 2.75) is 19.3 Å². The van der Waals surface area contributed by atoms with Crippen LogP contribution in [0.3, 0.4) is 0 Å². The molecule has 3 aromatic rings. The van der Waals surface area contributed by atoms with Gasteiger partial charge >= 0.3 is 7.60 Å². The van der Waals surface area contributed by atoms with Crippen molar-refractivity contribution in [2.75, 3.05) is 31.3 Å². The Morgan fingerprint density at radius 3 is 2.71 bits per heavy atom. The van der Waals surface area contributed by atoms with Crippen LogP contribution in [0.1, 0.15) is 33.8 Å². The number of rotatable bonds is 6. The Morgan fingerprint density at radius 1 is 1.35 bits per heavy atom. The molecule has 0 saturated carbocycles. The SMILES string of the molecule is COc1cc2cnn(C(=O)c3ccc(C#N)s3)c(=O)c2c(N2CCC(CCP(=O)(O)O)CC2)n1. The van der Waals surface area contributed by atoms with Crippen LogP contribution in [0.15, 0.2) is 29.2 Å². The number of thiophene rings is 1. The van der Waals surface area contributed by atoms with Crippen LogP contribution in [0.25, 0.3) is 10.8 Å². The van der Waals surface area contributed by atoms with Gasteiger partial charge in [0.1, 0.15) is 16.8 Å². The smallest absolute Gasteiger partial charge is 0.325 e. The van der Waals surface area contributed by atoms with E-state index in [2.05, 4.69) is 10.1 Å². The van der Waals surface area contributed by atoms with Crippen LogP contribution < -0.4 is 15.2 Å². The first-order chi connectivity index (χ1) is 16.2. The standard InChI is InChI=1S/C21H22N5O6PS/c1-32-17-10-14-12-23-26(20(27)16-3-2-15(11-22)34-16)21(28)18(14)19(24-17)25-7-4-13(5-8-25)6-9-33(29,30)31/h2-3,10,12-13H,4-9H2,1H3,(H2,29,30,31). The van der Waals surface area contributed by atoms with Crippen molar-refractivity contribution in [1.29, 1.82) is 5.26 Å². The van der Waals surface area contributed by atoms with E-state index in [1.165, 1.54) is 25.4 Å². The van der Waals surface area contributed by atoms with E-state index in [1.807, 2.05) is 11.0 Å². The van der Waals surface area contributed by atoms with E-state index >= 15 is 0 Å². The van der Waals surface area contributed by atoms with Gasteiger partial charge < -0.3 is 19.4 Å². The number of methoxy groups -OCH3 is 1. The molecule has 1 saturated heterocycles. The van der Waals surface area contributed by atoms with Gasteiger partial charge in [-0.05, 0) is 37.3 Å². The van der Waals surface area contributed by atoms with Gasteiger partial charge in [-0.15, -0.1) is 11.3 Å². The van der Waals surface area contributed by atoms with Crippen LogP contribution >= 0.6 is 18.9 Å². The van der Waals surface area contributed by atoms with Crippen LogP contribution in [0, 0.1) is 17.2 Å². The van der Waals surface area contributed by atoms with Crippen molar-refractivity contribution in [3.8, 4) is 11.9 Å². The molecule has 1 aliphatic rings. The van der Waals surface area contributed by atoms with E-state index in [0.29, 0.717) is 54.3 Å². The lowest BCUT2D eigenvalue weighted by molar-refractivity contribution is 0.0944. The van der Waals surface area contributed by atoms with Crippen LogP contribution in [0.5, 0.6) is 5.88 Å². The first-order valence-corrected chi connectivity index (χ1v) is 13.1. The Kier molecular flexibility index (Phi) is 6.81. The highest BCUT2D eigenvalue weighted by Crippen LogP contribution is 2.38. The fourth-order valence-electron chi connectivity index (χ4n) is 4.01. The van der Waals surface area contributed by atoms with E-state index in [-0.39, 0.29) is 22.3 Å². The third-order valence-electron chi connectivity index (χ3n) is 5.80. The number of carbonyl (C=O) groups excluding carboxylic acids is 1. The molecule has 0 amide bonds. The molecule has 178 valence electrons. The second kappa shape index (κ2) is 9.64. The predicted molar refractivity (Wildman–Crippen MR) is 126 cm³/mol. The van der Waals surface area contributed by atoms with E-state index in [1.54, 1.807) is 6.07 Å². The van der Waals surface area contributed by atoms with Crippen LogP contribution in [0.4, 0.5) is 5.82 Å². The summed E-state index contributed by atoms with van der Waals surface area (Å²) in [4.78, 5) is 51.6. The average molecular weight is 503 g/mol. The van der Waals surface area contributed by atoms with Crippen molar-refractivity contribution < 1.29 is 23.9 Å². The number of nitriles is 1. The summed E-state index contributed by atoms with van der Waals surface area (Å²) in [5.74, 6) is 0.207. The number of hydrogen-bond donors (Lipinski definition) is 2. The van der Waals surface area contributed by atoms with Gasteiger partial charge in [0, 0.05) is 24.5 Å². The summed E-state index contributed by atoms with van der Waals surface area (Å²) < 4.78 is 17.3. The monoisotopic (exact) mass is 503 g/mol. The highest BCUT2D eigenvalue weighted by molar-refractivity contribution is 7.51. The zero-order valence-electron chi connectivity index (χ0n) is 18.2. The number of carbonyl (C=O) groups is 1. The second-order valence-electron chi connectivity index (χ2n) is 8.00. The molecule has 0 spiro atoms. The molecule has 4 heterocycles. The Labute approximate surface area is 198 Å². The van der Waals surface area contributed by atoms with Gasteiger partial charge in [0.2, 0.25) is 5.88 Å². The Bertz CT molecular complexity index is 1380. The summed E-state index contributed by atoms with van der Waals surface area (Å²) in [7, 11) is -2.57. The van der Waals surface area contributed by atoms with E-state index in [0.717, 1.165) is 16.0 Å². The molecule has 2 N–H and O–H groups in total. The van der Waals surface area contributed by atoms with Crippen LogP contribution in [-0.2, 0) is 4.57 Å². The molecule has 0 unspecified atom stereocenters. The highest BCUT2D eigenvalue weighted by atomic mass is 32.1. The molecule has 34 heavy (non-hydrogen) atoms. The molecule has 0 radical (unpaired) electrons. The minimum Gasteiger partial charge on any atom is -0.481 e. The molecule has 0 aromatic carbocycles.